The van der Waals surface area contributed by atoms with Gasteiger partial charge in [0, 0.05) is 18.8 Å². The largest absolute Gasteiger partial charge is 0.393 e. The predicted octanol–water partition coefficient (Wildman–Crippen LogP) is 2.07. The van der Waals surface area contributed by atoms with Gasteiger partial charge in [-0.25, -0.2) is 8.42 Å². The molecule has 1 saturated carbocycles. The molecule has 122 valence electrons. The Balaban J connectivity index is 2.43. The number of ether oxygens (including phenoxy) is 1. The van der Waals surface area contributed by atoms with Crippen molar-refractivity contribution in [2.45, 2.75) is 31.4 Å². The molecule has 0 spiro atoms. The summed E-state index contributed by atoms with van der Waals surface area (Å²) < 4.78 is 29.9. The van der Waals surface area contributed by atoms with Crippen LogP contribution in [0.3, 0.4) is 0 Å². The first-order valence-corrected chi connectivity index (χ1v) is 9.80. The van der Waals surface area contributed by atoms with Gasteiger partial charge < -0.3 is 10.5 Å². The Morgan fingerprint density at radius 1 is 1.32 bits per heavy atom. The maximum absolute atomic E-state index is 12.2. The molecule has 1 fully saturated rings. The first kappa shape index (κ1) is 17.4. The van der Waals surface area contributed by atoms with E-state index < -0.39 is 20.5 Å². The summed E-state index contributed by atoms with van der Waals surface area (Å²) in [6.07, 6.45) is 2.19. The highest BCUT2D eigenvalue weighted by Gasteiger charge is 2.71. The fourth-order valence-electron chi connectivity index (χ4n) is 3.27. The number of benzene rings is 1. The van der Waals surface area contributed by atoms with E-state index in [4.69, 9.17) is 22.7 Å². The smallest absolute Gasteiger partial charge is 0.152 e. The topological polar surface area (TPSA) is 69.4 Å². The van der Waals surface area contributed by atoms with Crippen molar-refractivity contribution in [3.05, 3.63) is 35.4 Å². The van der Waals surface area contributed by atoms with Gasteiger partial charge in [0.1, 0.15) is 0 Å². The maximum atomic E-state index is 12.2. The summed E-state index contributed by atoms with van der Waals surface area (Å²) in [6.45, 7) is 4.70. The van der Waals surface area contributed by atoms with Crippen LogP contribution in [0.4, 0.5) is 0 Å². The van der Waals surface area contributed by atoms with Crippen molar-refractivity contribution in [1.29, 1.82) is 0 Å². The summed E-state index contributed by atoms with van der Waals surface area (Å²) >= 11 is 5.21. The lowest BCUT2D eigenvalue weighted by molar-refractivity contribution is 0.121. The van der Waals surface area contributed by atoms with Crippen LogP contribution >= 0.6 is 12.2 Å². The van der Waals surface area contributed by atoms with Crippen molar-refractivity contribution in [3.8, 4) is 0 Å². The Hall–Kier alpha value is -0.980. The van der Waals surface area contributed by atoms with Gasteiger partial charge in [-0.15, -0.1) is 0 Å². The summed E-state index contributed by atoms with van der Waals surface area (Å²) in [7, 11) is -3.27. The minimum absolute atomic E-state index is 0.223. The van der Waals surface area contributed by atoms with Gasteiger partial charge >= 0.3 is 0 Å². The molecule has 2 rings (SSSR count). The molecule has 22 heavy (non-hydrogen) atoms. The Morgan fingerprint density at radius 3 is 2.32 bits per heavy atom. The van der Waals surface area contributed by atoms with Gasteiger partial charge in [0.2, 0.25) is 0 Å². The Labute approximate surface area is 138 Å². The zero-order valence-electron chi connectivity index (χ0n) is 13.2. The summed E-state index contributed by atoms with van der Waals surface area (Å²) in [5, 5.41) is -0.600. The fourth-order valence-corrected chi connectivity index (χ4v) is 5.58. The summed E-state index contributed by atoms with van der Waals surface area (Å²) in [4.78, 5) is 0.223. The Bertz CT molecular complexity index is 654. The molecule has 1 aliphatic rings. The molecule has 1 aromatic carbocycles. The van der Waals surface area contributed by atoms with Gasteiger partial charge in [-0.2, -0.15) is 0 Å². The molecule has 4 nitrogen and oxygen atoms in total. The van der Waals surface area contributed by atoms with E-state index >= 15 is 0 Å². The zero-order chi connectivity index (χ0) is 16.5. The molecule has 3 atom stereocenters. The highest BCUT2D eigenvalue weighted by Crippen LogP contribution is 2.63. The van der Waals surface area contributed by atoms with Gasteiger partial charge in [0.05, 0.1) is 22.3 Å². The van der Waals surface area contributed by atoms with Crippen LogP contribution in [0.25, 0.3) is 0 Å². The molecule has 0 unspecified atom stereocenters. The third-order valence-electron chi connectivity index (χ3n) is 4.47. The Morgan fingerprint density at radius 2 is 1.91 bits per heavy atom. The minimum Gasteiger partial charge on any atom is -0.393 e. The molecule has 0 saturated heterocycles. The number of sulfone groups is 1. The first-order chi connectivity index (χ1) is 10.3. The van der Waals surface area contributed by atoms with Gasteiger partial charge in [-0.05, 0) is 24.5 Å². The summed E-state index contributed by atoms with van der Waals surface area (Å²) in [5.74, 6) is -0.225. The third-order valence-corrected chi connectivity index (χ3v) is 6.46. The zero-order valence-corrected chi connectivity index (χ0v) is 14.8. The number of hydrogen-bond donors (Lipinski definition) is 1. The molecular weight excluding hydrogens is 318 g/mol. The third kappa shape index (κ3) is 2.92. The molecule has 0 heterocycles. The monoisotopic (exact) mass is 341 g/mol. The van der Waals surface area contributed by atoms with Crippen LogP contribution in [0.15, 0.2) is 24.3 Å². The van der Waals surface area contributed by atoms with Crippen molar-refractivity contribution in [2.75, 3.05) is 19.5 Å². The molecular formula is C16H23NO3S2. The standard InChI is InChI=1S/C16H23NO3S2/c1-4-11-6-8-12(9-7-11)13-14(22(3,18)19)16(13,15(17)21)10-20-5-2/h6-9,13-14H,4-5,10H2,1-3H3,(H2,17,21)/t13-,14+,16+/m1/s1. The molecule has 0 aliphatic heterocycles. The van der Waals surface area contributed by atoms with E-state index in [-0.39, 0.29) is 17.5 Å². The van der Waals surface area contributed by atoms with Crippen LogP contribution in [0.2, 0.25) is 0 Å². The summed E-state index contributed by atoms with van der Waals surface area (Å²) in [5.41, 5.74) is 7.32. The van der Waals surface area contributed by atoms with Gasteiger partial charge in [0.15, 0.2) is 9.84 Å². The van der Waals surface area contributed by atoms with Crippen molar-refractivity contribution >= 4 is 27.0 Å². The van der Waals surface area contributed by atoms with Crippen LogP contribution in [-0.2, 0) is 21.0 Å². The van der Waals surface area contributed by atoms with E-state index in [0.717, 1.165) is 12.0 Å². The van der Waals surface area contributed by atoms with E-state index in [1.807, 2.05) is 31.2 Å². The fraction of sp³-hybridized carbons (Fsp3) is 0.562. The number of hydrogen-bond acceptors (Lipinski definition) is 4. The molecule has 2 N–H and O–H groups in total. The average Bonchev–Trinajstić information content (AvgIpc) is 3.16. The second-order valence-electron chi connectivity index (χ2n) is 5.86. The highest BCUT2D eigenvalue weighted by molar-refractivity contribution is 7.92. The normalized spacial score (nSPS) is 27.6. The number of rotatable bonds is 7. The number of nitrogens with two attached hydrogens (primary N) is 1. The van der Waals surface area contributed by atoms with E-state index in [1.54, 1.807) is 0 Å². The van der Waals surface area contributed by atoms with Crippen LogP contribution in [0.5, 0.6) is 0 Å². The highest BCUT2D eigenvalue weighted by atomic mass is 32.2. The van der Waals surface area contributed by atoms with Crippen molar-refractivity contribution in [3.63, 3.8) is 0 Å². The lowest BCUT2D eigenvalue weighted by atomic mass is 9.98. The molecule has 0 radical (unpaired) electrons. The lowest BCUT2D eigenvalue weighted by Gasteiger charge is -2.16. The second kappa shape index (κ2) is 6.26. The second-order valence-corrected chi connectivity index (χ2v) is 8.47. The molecule has 6 heteroatoms. The van der Waals surface area contributed by atoms with Gasteiger partial charge in [-0.1, -0.05) is 43.4 Å². The van der Waals surface area contributed by atoms with E-state index in [0.29, 0.717) is 6.61 Å². The van der Waals surface area contributed by atoms with E-state index in [9.17, 15) is 8.42 Å². The first-order valence-electron chi connectivity index (χ1n) is 7.44. The maximum Gasteiger partial charge on any atom is 0.152 e. The van der Waals surface area contributed by atoms with E-state index in [2.05, 4.69) is 6.92 Å². The van der Waals surface area contributed by atoms with Crippen LogP contribution < -0.4 is 5.73 Å². The van der Waals surface area contributed by atoms with E-state index in [1.165, 1.54) is 11.8 Å². The molecule has 0 amide bonds. The molecule has 0 aromatic heterocycles. The molecule has 1 aromatic rings. The predicted molar refractivity (Wildman–Crippen MR) is 92.9 cm³/mol. The van der Waals surface area contributed by atoms with Gasteiger partial charge in [-0.3, -0.25) is 0 Å². The van der Waals surface area contributed by atoms with Crippen molar-refractivity contribution < 1.29 is 13.2 Å². The molecule has 1 aliphatic carbocycles. The number of thiocarbonyl (C=S) groups is 1. The lowest BCUT2D eigenvalue weighted by Crippen LogP contribution is -2.33. The van der Waals surface area contributed by atoms with Gasteiger partial charge in [0.25, 0.3) is 0 Å². The van der Waals surface area contributed by atoms with Crippen molar-refractivity contribution in [2.24, 2.45) is 11.1 Å². The van der Waals surface area contributed by atoms with Crippen LogP contribution in [0.1, 0.15) is 30.9 Å². The SMILES string of the molecule is CCOC[C@]1(C(N)=S)[C@H](c2ccc(CC)cc2)[C@@H]1S(C)(=O)=O. The average molecular weight is 341 g/mol. The van der Waals surface area contributed by atoms with Crippen molar-refractivity contribution in [1.82, 2.24) is 0 Å². The molecule has 0 bridgehead atoms. The van der Waals surface area contributed by atoms with Crippen LogP contribution in [-0.4, -0.2) is 38.1 Å². The Kier molecular flexibility index (Phi) is 4.94. The number of aryl methyl sites for hydroxylation is 1. The summed E-state index contributed by atoms with van der Waals surface area (Å²) in [6, 6.07) is 8.01. The quantitative estimate of drug-likeness (QED) is 0.769. The minimum atomic E-state index is -3.27. The van der Waals surface area contributed by atoms with Crippen LogP contribution in [0, 0.1) is 5.41 Å².